The third-order valence-electron chi connectivity index (χ3n) is 2.88. The topological polar surface area (TPSA) is 75.3 Å². The highest BCUT2D eigenvalue weighted by molar-refractivity contribution is 9.10. The van der Waals surface area contributed by atoms with E-state index in [2.05, 4.69) is 21.2 Å². The first-order chi connectivity index (χ1) is 9.40. The minimum Gasteiger partial charge on any atom is -0.478 e. The zero-order valence-electron chi connectivity index (χ0n) is 10.6. The largest absolute Gasteiger partial charge is 0.478 e. The smallest absolute Gasteiger partial charge is 0.340 e. The van der Waals surface area contributed by atoms with Crippen LogP contribution in [0.1, 0.15) is 15.9 Å². The van der Waals surface area contributed by atoms with Crippen LogP contribution in [0.15, 0.2) is 34.8 Å². The zero-order valence-corrected chi connectivity index (χ0v) is 12.2. The monoisotopic (exact) mass is 338 g/mol. The Bertz CT molecular complexity index is 689. The van der Waals surface area contributed by atoms with E-state index in [1.807, 2.05) is 19.1 Å². The van der Waals surface area contributed by atoms with Gasteiger partial charge >= 0.3 is 5.97 Å². The summed E-state index contributed by atoms with van der Waals surface area (Å²) in [6, 6.07) is 8.05. The summed E-state index contributed by atoms with van der Waals surface area (Å²) in [4.78, 5) is 11.2. The van der Waals surface area contributed by atoms with Gasteiger partial charge in [0, 0.05) is 10.2 Å². The lowest BCUT2D eigenvalue weighted by molar-refractivity contribution is 0.0698. The predicted molar refractivity (Wildman–Crippen MR) is 79.9 cm³/mol. The van der Waals surface area contributed by atoms with Crippen LogP contribution in [-0.4, -0.2) is 11.1 Å². The van der Waals surface area contributed by atoms with Gasteiger partial charge in [-0.05, 0) is 36.8 Å². The van der Waals surface area contributed by atoms with Gasteiger partial charge in [-0.3, -0.25) is 0 Å². The van der Waals surface area contributed by atoms with Crippen LogP contribution in [0.5, 0.6) is 0 Å². The van der Waals surface area contributed by atoms with Gasteiger partial charge in [0.05, 0.1) is 11.4 Å². The van der Waals surface area contributed by atoms with Gasteiger partial charge in [0.2, 0.25) is 0 Å². The number of nitrogens with two attached hydrogens (primary N) is 1. The van der Waals surface area contributed by atoms with E-state index in [4.69, 9.17) is 5.73 Å². The number of carbonyl (C=O) groups is 1. The number of aryl methyl sites for hydroxylation is 1. The van der Waals surface area contributed by atoms with Gasteiger partial charge in [-0.1, -0.05) is 22.0 Å². The van der Waals surface area contributed by atoms with Crippen molar-refractivity contribution in [2.24, 2.45) is 0 Å². The van der Waals surface area contributed by atoms with Crippen molar-refractivity contribution in [3.63, 3.8) is 0 Å². The molecule has 0 aliphatic heterocycles. The Balaban J connectivity index is 2.51. The summed E-state index contributed by atoms with van der Waals surface area (Å²) in [6.45, 7) is 1.88. The van der Waals surface area contributed by atoms with Crippen molar-refractivity contribution in [1.29, 1.82) is 0 Å². The van der Waals surface area contributed by atoms with E-state index in [9.17, 15) is 14.3 Å². The van der Waals surface area contributed by atoms with Crippen LogP contribution in [0.25, 0.3) is 0 Å². The molecule has 0 aliphatic carbocycles. The Hall–Kier alpha value is -2.08. The number of benzene rings is 2. The van der Waals surface area contributed by atoms with Gasteiger partial charge in [0.15, 0.2) is 0 Å². The highest BCUT2D eigenvalue weighted by Crippen LogP contribution is 2.30. The highest BCUT2D eigenvalue weighted by Gasteiger charge is 2.18. The standard InChI is InChI=1S/C14H12BrFN2O2/c1-7-2-3-8(15)6-11(7)18-10-5-4-9(16)13(17)12(10)14(19)20/h2-6,18H,17H2,1H3,(H,19,20). The van der Waals surface area contributed by atoms with Gasteiger partial charge in [-0.2, -0.15) is 0 Å². The lowest BCUT2D eigenvalue weighted by Gasteiger charge is -2.14. The van der Waals surface area contributed by atoms with Crippen molar-refractivity contribution in [3.05, 3.63) is 51.7 Å². The molecule has 0 atom stereocenters. The lowest BCUT2D eigenvalue weighted by atomic mass is 10.1. The average Bonchev–Trinajstić information content (AvgIpc) is 2.38. The molecule has 0 aliphatic rings. The number of aromatic carboxylic acids is 1. The van der Waals surface area contributed by atoms with Crippen LogP contribution in [0, 0.1) is 12.7 Å². The lowest BCUT2D eigenvalue weighted by Crippen LogP contribution is -2.09. The Morgan fingerprint density at radius 2 is 2.00 bits per heavy atom. The maximum Gasteiger partial charge on any atom is 0.340 e. The Kier molecular flexibility index (Phi) is 3.94. The molecule has 2 aromatic rings. The van der Waals surface area contributed by atoms with E-state index in [0.29, 0.717) is 5.69 Å². The summed E-state index contributed by atoms with van der Waals surface area (Å²) in [7, 11) is 0. The zero-order chi connectivity index (χ0) is 14.9. The van der Waals surface area contributed by atoms with E-state index in [0.717, 1.165) is 16.1 Å². The number of carboxylic acids is 1. The molecule has 20 heavy (non-hydrogen) atoms. The Labute approximate surface area is 123 Å². The van der Waals surface area contributed by atoms with Crippen LogP contribution in [0.2, 0.25) is 0 Å². The first-order valence-electron chi connectivity index (χ1n) is 5.74. The fourth-order valence-corrected chi connectivity index (χ4v) is 2.16. The van der Waals surface area contributed by atoms with Crippen molar-refractivity contribution in [3.8, 4) is 0 Å². The summed E-state index contributed by atoms with van der Waals surface area (Å²) in [5, 5.41) is 12.2. The Morgan fingerprint density at radius 3 is 2.65 bits per heavy atom. The summed E-state index contributed by atoms with van der Waals surface area (Å²) in [5.41, 5.74) is 6.73. The molecule has 0 bridgehead atoms. The number of rotatable bonds is 3. The molecule has 4 nitrogen and oxygen atoms in total. The maximum absolute atomic E-state index is 13.4. The third kappa shape index (κ3) is 2.75. The third-order valence-corrected chi connectivity index (χ3v) is 3.37. The number of nitrogens with one attached hydrogen (secondary N) is 1. The molecule has 104 valence electrons. The number of halogens is 2. The molecular weight excluding hydrogens is 327 g/mol. The molecule has 0 fully saturated rings. The normalized spacial score (nSPS) is 10.3. The summed E-state index contributed by atoms with van der Waals surface area (Å²) in [5.74, 6) is -2.03. The summed E-state index contributed by atoms with van der Waals surface area (Å²) >= 11 is 3.34. The number of hydrogen-bond acceptors (Lipinski definition) is 3. The summed E-state index contributed by atoms with van der Waals surface area (Å²) in [6.07, 6.45) is 0. The van der Waals surface area contributed by atoms with E-state index in [1.165, 1.54) is 6.07 Å². The molecule has 0 amide bonds. The second-order valence-electron chi connectivity index (χ2n) is 4.27. The van der Waals surface area contributed by atoms with Gasteiger partial charge in [0.1, 0.15) is 11.4 Å². The summed E-state index contributed by atoms with van der Waals surface area (Å²) < 4.78 is 14.2. The van der Waals surface area contributed by atoms with Crippen LogP contribution < -0.4 is 11.1 Å². The fraction of sp³-hybridized carbons (Fsp3) is 0.0714. The van der Waals surface area contributed by atoms with Crippen molar-refractivity contribution in [2.45, 2.75) is 6.92 Å². The highest BCUT2D eigenvalue weighted by atomic mass is 79.9. The molecule has 4 N–H and O–H groups in total. The Morgan fingerprint density at radius 1 is 1.30 bits per heavy atom. The maximum atomic E-state index is 13.4. The van der Waals surface area contributed by atoms with E-state index in [1.54, 1.807) is 6.07 Å². The van der Waals surface area contributed by atoms with Crippen LogP contribution in [0.3, 0.4) is 0 Å². The van der Waals surface area contributed by atoms with E-state index in [-0.39, 0.29) is 16.9 Å². The van der Waals surface area contributed by atoms with Gasteiger partial charge < -0.3 is 16.2 Å². The second kappa shape index (κ2) is 5.50. The number of hydrogen-bond donors (Lipinski definition) is 3. The second-order valence-corrected chi connectivity index (χ2v) is 5.19. The molecule has 0 saturated carbocycles. The fourth-order valence-electron chi connectivity index (χ4n) is 1.80. The molecule has 0 saturated heterocycles. The van der Waals surface area contributed by atoms with E-state index < -0.39 is 11.8 Å². The van der Waals surface area contributed by atoms with Crippen molar-refractivity contribution in [2.75, 3.05) is 11.1 Å². The minimum absolute atomic E-state index is 0.248. The SMILES string of the molecule is Cc1ccc(Br)cc1Nc1ccc(F)c(N)c1C(=O)O. The van der Waals surface area contributed by atoms with Crippen molar-refractivity contribution >= 4 is 39.0 Å². The first kappa shape index (κ1) is 14.3. The van der Waals surface area contributed by atoms with Gasteiger partial charge in [-0.25, -0.2) is 9.18 Å². The number of anilines is 3. The molecule has 0 spiro atoms. The molecule has 0 heterocycles. The van der Waals surface area contributed by atoms with Crippen LogP contribution >= 0.6 is 15.9 Å². The van der Waals surface area contributed by atoms with Crippen LogP contribution in [0.4, 0.5) is 21.5 Å². The van der Waals surface area contributed by atoms with Gasteiger partial charge in [-0.15, -0.1) is 0 Å². The molecule has 6 heteroatoms. The predicted octanol–water partition coefficient (Wildman–Crippen LogP) is 3.92. The van der Waals surface area contributed by atoms with Crippen molar-refractivity contribution in [1.82, 2.24) is 0 Å². The number of nitrogen functional groups attached to an aromatic ring is 1. The molecule has 2 rings (SSSR count). The molecule has 0 aromatic heterocycles. The molecule has 0 unspecified atom stereocenters. The van der Waals surface area contributed by atoms with Gasteiger partial charge in [0.25, 0.3) is 0 Å². The molecule has 2 aromatic carbocycles. The molecular formula is C14H12BrFN2O2. The van der Waals surface area contributed by atoms with E-state index >= 15 is 0 Å². The average molecular weight is 339 g/mol. The first-order valence-corrected chi connectivity index (χ1v) is 6.54. The minimum atomic E-state index is -1.28. The van der Waals surface area contributed by atoms with Crippen LogP contribution in [-0.2, 0) is 0 Å². The quantitative estimate of drug-likeness (QED) is 0.741. The number of carboxylic acid groups (broad SMARTS) is 1. The van der Waals surface area contributed by atoms with Crippen molar-refractivity contribution < 1.29 is 14.3 Å². The molecule has 0 radical (unpaired) electrons.